The highest BCUT2D eigenvalue weighted by Crippen LogP contribution is 2.03. The highest BCUT2D eigenvalue weighted by molar-refractivity contribution is 5.66. The summed E-state index contributed by atoms with van der Waals surface area (Å²) >= 11 is 0. The molecule has 0 bridgehead atoms. The Morgan fingerprint density at radius 3 is 1.40 bits per heavy atom. The highest BCUT2D eigenvalue weighted by Gasteiger charge is 1.90. The van der Waals surface area contributed by atoms with Crippen LogP contribution in [0.1, 0.15) is 78.6 Å². The van der Waals surface area contributed by atoms with Crippen LogP contribution < -0.4 is 0 Å². The number of carboxylic acids is 1. The first-order chi connectivity index (χ1) is 7.18. The molecule has 2 nitrogen and oxygen atoms in total. The Morgan fingerprint density at radius 2 is 1.20 bits per heavy atom. The molecule has 0 rings (SSSR count). The maximum atomic E-state index is 9.76. The van der Waals surface area contributed by atoms with Crippen molar-refractivity contribution in [3.8, 4) is 0 Å². The van der Waals surface area contributed by atoms with Crippen LogP contribution in [0.2, 0.25) is 0 Å². The molecule has 0 aromatic heterocycles. The van der Waals surface area contributed by atoms with Crippen molar-refractivity contribution in [2.45, 2.75) is 78.6 Å². The first kappa shape index (κ1) is 16.9. The van der Waals surface area contributed by atoms with Gasteiger partial charge in [0.25, 0.3) is 0 Å². The summed E-state index contributed by atoms with van der Waals surface area (Å²) in [5, 5.41) is 8.04. The molecule has 0 heterocycles. The fourth-order valence-electron chi connectivity index (χ4n) is 1.18. The number of carboxylic acid groups (broad SMARTS) is 1. The molecule has 1 N–H and O–H groups in total. The molecule has 0 aliphatic rings. The largest absolute Gasteiger partial charge is 0.481 e. The summed E-state index contributed by atoms with van der Waals surface area (Å²) < 4.78 is 0. The minimum absolute atomic E-state index is 0.316. The number of rotatable bonds is 8. The van der Waals surface area contributed by atoms with Crippen LogP contribution in [0, 0.1) is 0 Å². The molecule has 0 spiro atoms. The summed E-state index contributed by atoms with van der Waals surface area (Å²) in [6.07, 6.45) is 10.6. The van der Waals surface area contributed by atoms with E-state index in [9.17, 15) is 4.79 Å². The SMILES string of the molecule is CCCCC(=O)O.CCCCCCCC. The van der Waals surface area contributed by atoms with Gasteiger partial charge in [-0.3, -0.25) is 4.79 Å². The molecule has 0 saturated carbocycles. The Labute approximate surface area is 95.1 Å². The van der Waals surface area contributed by atoms with Crippen LogP contribution in [-0.2, 0) is 4.79 Å². The molecular formula is C13H28O2. The lowest BCUT2D eigenvalue weighted by Crippen LogP contribution is -1.91. The maximum Gasteiger partial charge on any atom is 0.303 e. The molecule has 0 aliphatic heterocycles. The molecule has 0 amide bonds. The van der Waals surface area contributed by atoms with Crippen LogP contribution in [0.25, 0.3) is 0 Å². The molecule has 0 radical (unpaired) electrons. The normalized spacial score (nSPS) is 9.27. The van der Waals surface area contributed by atoms with Crippen molar-refractivity contribution in [3.63, 3.8) is 0 Å². The van der Waals surface area contributed by atoms with Crippen LogP contribution in [0.4, 0.5) is 0 Å². The second kappa shape index (κ2) is 15.9. The van der Waals surface area contributed by atoms with E-state index in [2.05, 4.69) is 13.8 Å². The molecule has 92 valence electrons. The fraction of sp³-hybridized carbons (Fsp3) is 0.923. The standard InChI is InChI=1S/C8H18.C5H10O2/c1-3-5-7-8-6-4-2;1-2-3-4-5(6)7/h3-8H2,1-2H3;2-4H2,1H3,(H,6,7). The summed E-state index contributed by atoms with van der Waals surface area (Å²) in [6, 6.07) is 0. The molecule has 0 atom stereocenters. The zero-order valence-electron chi connectivity index (χ0n) is 10.7. The van der Waals surface area contributed by atoms with E-state index in [1.165, 1.54) is 38.5 Å². The number of unbranched alkanes of at least 4 members (excludes halogenated alkanes) is 6. The van der Waals surface area contributed by atoms with Gasteiger partial charge >= 0.3 is 5.97 Å². The highest BCUT2D eigenvalue weighted by atomic mass is 16.4. The van der Waals surface area contributed by atoms with Crippen molar-refractivity contribution in [1.82, 2.24) is 0 Å². The first-order valence-corrected chi connectivity index (χ1v) is 6.40. The van der Waals surface area contributed by atoms with E-state index in [0.29, 0.717) is 6.42 Å². The van der Waals surface area contributed by atoms with Crippen LogP contribution in [0.5, 0.6) is 0 Å². The predicted molar refractivity (Wildman–Crippen MR) is 66.2 cm³/mol. The van der Waals surface area contributed by atoms with Crippen molar-refractivity contribution in [2.24, 2.45) is 0 Å². The second-order valence-corrected chi connectivity index (χ2v) is 3.91. The van der Waals surface area contributed by atoms with Crippen LogP contribution in [0.15, 0.2) is 0 Å². The molecule has 0 aliphatic carbocycles. The van der Waals surface area contributed by atoms with Crippen LogP contribution in [0.3, 0.4) is 0 Å². The maximum absolute atomic E-state index is 9.76. The van der Waals surface area contributed by atoms with Crippen LogP contribution in [-0.4, -0.2) is 11.1 Å². The van der Waals surface area contributed by atoms with Crippen molar-refractivity contribution >= 4 is 5.97 Å². The average Bonchev–Trinajstić information content (AvgIpc) is 2.22. The Hall–Kier alpha value is -0.530. The van der Waals surface area contributed by atoms with Gasteiger partial charge in [0, 0.05) is 6.42 Å². The van der Waals surface area contributed by atoms with Gasteiger partial charge in [0.15, 0.2) is 0 Å². The van der Waals surface area contributed by atoms with E-state index in [1.54, 1.807) is 0 Å². The number of carbonyl (C=O) groups is 1. The fourth-order valence-corrected chi connectivity index (χ4v) is 1.18. The topological polar surface area (TPSA) is 37.3 Å². The van der Waals surface area contributed by atoms with Crippen molar-refractivity contribution in [3.05, 3.63) is 0 Å². The number of hydrogen-bond donors (Lipinski definition) is 1. The molecule has 2 heteroatoms. The van der Waals surface area contributed by atoms with Gasteiger partial charge in [-0.25, -0.2) is 0 Å². The molecule has 0 saturated heterocycles. The van der Waals surface area contributed by atoms with Gasteiger partial charge in [0.2, 0.25) is 0 Å². The first-order valence-electron chi connectivity index (χ1n) is 6.40. The smallest absolute Gasteiger partial charge is 0.303 e. The van der Waals surface area contributed by atoms with Gasteiger partial charge in [-0.15, -0.1) is 0 Å². The lowest BCUT2D eigenvalue weighted by atomic mass is 10.1. The predicted octanol–water partition coefficient (Wildman–Crippen LogP) is 4.63. The lowest BCUT2D eigenvalue weighted by molar-refractivity contribution is -0.137. The molecule has 0 unspecified atom stereocenters. The molecule has 15 heavy (non-hydrogen) atoms. The van der Waals surface area contributed by atoms with Gasteiger partial charge in [-0.2, -0.15) is 0 Å². The third-order valence-corrected chi connectivity index (χ3v) is 2.20. The number of hydrogen-bond acceptors (Lipinski definition) is 1. The van der Waals surface area contributed by atoms with Gasteiger partial charge in [0.1, 0.15) is 0 Å². The number of aliphatic carboxylic acids is 1. The summed E-state index contributed by atoms with van der Waals surface area (Å²) in [5.74, 6) is -0.693. The third-order valence-electron chi connectivity index (χ3n) is 2.20. The monoisotopic (exact) mass is 216 g/mol. The molecule has 0 aromatic carbocycles. The zero-order chi connectivity index (χ0) is 11.9. The minimum atomic E-state index is -0.693. The molecular weight excluding hydrogens is 188 g/mol. The van der Waals surface area contributed by atoms with E-state index in [4.69, 9.17) is 5.11 Å². The summed E-state index contributed by atoms with van der Waals surface area (Å²) in [6.45, 7) is 6.49. The molecule has 0 aromatic rings. The van der Waals surface area contributed by atoms with E-state index in [-0.39, 0.29) is 0 Å². The average molecular weight is 216 g/mol. The van der Waals surface area contributed by atoms with E-state index < -0.39 is 5.97 Å². The van der Waals surface area contributed by atoms with Crippen molar-refractivity contribution in [2.75, 3.05) is 0 Å². The van der Waals surface area contributed by atoms with Gasteiger partial charge in [-0.1, -0.05) is 65.7 Å². The van der Waals surface area contributed by atoms with Crippen LogP contribution >= 0.6 is 0 Å². The summed E-state index contributed by atoms with van der Waals surface area (Å²) in [7, 11) is 0. The van der Waals surface area contributed by atoms with E-state index in [0.717, 1.165) is 12.8 Å². The Kier molecular flexibility index (Phi) is 17.9. The Balaban J connectivity index is 0. The van der Waals surface area contributed by atoms with E-state index >= 15 is 0 Å². The summed E-state index contributed by atoms with van der Waals surface area (Å²) in [4.78, 5) is 9.76. The van der Waals surface area contributed by atoms with Crippen molar-refractivity contribution < 1.29 is 9.90 Å². The Bertz CT molecular complexity index is 116. The van der Waals surface area contributed by atoms with Crippen molar-refractivity contribution in [1.29, 1.82) is 0 Å². The molecule has 0 fully saturated rings. The minimum Gasteiger partial charge on any atom is -0.481 e. The quantitative estimate of drug-likeness (QED) is 0.601. The zero-order valence-corrected chi connectivity index (χ0v) is 10.7. The van der Waals surface area contributed by atoms with E-state index in [1.807, 2.05) is 6.92 Å². The third kappa shape index (κ3) is 24.7. The Morgan fingerprint density at radius 1 is 0.800 bits per heavy atom. The van der Waals surface area contributed by atoms with Gasteiger partial charge in [0.05, 0.1) is 0 Å². The van der Waals surface area contributed by atoms with Gasteiger partial charge < -0.3 is 5.11 Å². The summed E-state index contributed by atoms with van der Waals surface area (Å²) in [5.41, 5.74) is 0. The second-order valence-electron chi connectivity index (χ2n) is 3.91. The lowest BCUT2D eigenvalue weighted by Gasteiger charge is -1.93. The van der Waals surface area contributed by atoms with Gasteiger partial charge in [-0.05, 0) is 6.42 Å².